The maximum Gasteiger partial charge on any atom is 0.173 e. The molecule has 0 aromatic heterocycles. The van der Waals surface area contributed by atoms with Crippen LogP contribution in [0.3, 0.4) is 0 Å². The van der Waals surface area contributed by atoms with Gasteiger partial charge in [-0.3, -0.25) is 4.90 Å². The van der Waals surface area contributed by atoms with Gasteiger partial charge in [-0.15, -0.1) is 0 Å². The molecule has 0 amide bonds. The number of rotatable bonds is 8. The van der Waals surface area contributed by atoms with Crippen molar-refractivity contribution in [3.8, 4) is 0 Å². The molecule has 8 heteroatoms. The number of anilines is 2. The third kappa shape index (κ3) is 7.51. The molecule has 0 bridgehead atoms. The lowest BCUT2D eigenvalue weighted by Gasteiger charge is -2.30. The molecule has 1 N–H and O–H groups in total. The fourth-order valence-corrected chi connectivity index (χ4v) is 4.07. The monoisotopic (exact) mass is 480 g/mol. The average Bonchev–Trinajstić information content (AvgIpc) is 2.76. The van der Waals surface area contributed by atoms with Crippen molar-refractivity contribution in [3.05, 3.63) is 58.1 Å². The summed E-state index contributed by atoms with van der Waals surface area (Å²) in [6.07, 6.45) is 1.01. The van der Waals surface area contributed by atoms with Crippen LogP contribution in [0.15, 0.2) is 42.5 Å². The first-order valence-corrected chi connectivity index (χ1v) is 11.7. The van der Waals surface area contributed by atoms with Crippen molar-refractivity contribution in [3.63, 3.8) is 0 Å². The zero-order valence-corrected chi connectivity index (χ0v) is 20.4. The van der Waals surface area contributed by atoms with E-state index < -0.39 is 0 Å². The number of nitrogens with one attached hydrogen (secondary N) is 1. The van der Waals surface area contributed by atoms with Crippen molar-refractivity contribution in [1.82, 2.24) is 9.80 Å². The maximum absolute atomic E-state index is 6.34. The molecule has 2 aromatic rings. The van der Waals surface area contributed by atoms with Crippen molar-refractivity contribution in [1.29, 1.82) is 0 Å². The lowest BCUT2D eigenvalue weighted by molar-refractivity contribution is 0.0368. The van der Waals surface area contributed by atoms with Gasteiger partial charge in [0.25, 0.3) is 0 Å². The molecule has 1 fully saturated rings. The van der Waals surface area contributed by atoms with E-state index in [0.29, 0.717) is 15.2 Å². The summed E-state index contributed by atoms with van der Waals surface area (Å²) in [6.45, 7) is 6.21. The second-order valence-electron chi connectivity index (χ2n) is 7.84. The molecule has 0 unspecified atom stereocenters. The number of benzene rings is 2. The van der Waals surface area contributed by atoms with Gasteiger partial charge in [0, 0.05) is 57.5 Å². The fourth-order valence-electron chi connectivity index (χ4n) is 3.47. The van der Waals surface area contributed by atoms with E-state index in [4.69, 9.17) is 40.2 Å². The van der Waals surface area contributed by atoms with E-state index in [9.17, 15) is 0 Å². The molecule has 1 heterocycles. The van der Waals surface area contributed by atoms with Crippen LogP contribution in [0.2, 0.25) is 10.0 Å². The molecule has 0 aliphatic carbocycles. The predicted molar refractivity (Wildman–Crippen MR) is 136 cm³/mol. The summed E-state index contributed by atoms with van der Waals surface area (Å²) in [4.78, 5) is 6.73. The Morgan fingerprint density at radius 3 is 2.48 bits per heavy atom. The van der Waals surface area contributed by atoms with Crippen molar-refractivity contribution in [2.45, 2.75) is 13.0 Å². The molecule has 168 valence electrons. The number of nitrogens with zero attached hydrogens (tertiary/aromatic N) is 3. The van der Waals surface area contributed by atoms with E-state index in [1.807, 2.05) is 14.1 Å². The fraction of sp³-hybridized carbons (Fsp3) is 0.435. The smallest absolute Gasteiger partial charge is 0.173 e. The molecule has 0 spiro atoms. The number of thiocarbonyl (C=S) groups is 1. The van der Waals surface area contributed by atoms with Gasteiger partial charge in [0.1, 0.15) is 0 Å². The minimum absolute atomic E-state index is 0.593. The minimum atomic E-state index is 0.593. The van der Waals surface area contributed by atoms with Crippen molar-refractivity contribution in [2.24, 2.45) is 0 Å². The van der Waals surface area contributed by atoms with Gasteiger partial charge in [0.05, 0.1) is 23.9 Å². The molecule has 0 atom stereocenters. The highest BCUT2D eigenvalue weighted by Crippen LogP contribution is 2.26. The van der Waals surface area contributed by atoms with Gasteiger partial charge < -0.3 is 19.9 Å². The number of hydrogen-bond donors (Lipinski definition) is 1. The SMILES string of the molecule is CN(C)c1ccc(CN(CCCN2CCOCC2)C(=S)Nc2cc(Cl)ccc2Cl)cc1. The van der Waals surface area contributed by atoms with E-state index >= 15 is 0 Å². The minimum Gasteiger partial charge on any atom is -0.379 e. The molecule has 3 rings (SSSR count). The zero-order valence-electron chi connectivity index (χ0n) is 18.1. The van der Waals surface area contributed by atoms with Crippen LogP contribution in [0, 0.1) is 0 Å². The van der Waals surface area contributed by atoms with Gasteiger partial charge in [0.15, 0.2) is 5.11 Å². The third-order valence-corrected chi connectivity index (χ3v) is 6.21. The van der Waals surface area contributed by atoms with Gasteiger partial charge in [-0.25, -0.2) is 0 Å². The molecule has 1 aliphatic rings. The Labute approximate surface area is 200 Å². The Kier molecular flexibility index (Phi) is 9.23. The van der Waals surface area contributed by atoms with Crippen LogP contribution in [0.4, 0.5) is 11.4 Å². The van der Waals surface area contributed by atoms with Gasteiger partial charge in [0.2, 0.25) is 0 Å². The summed E-state index contributed by atoms with van der Waals surface area (Å²) in [7, 11) is 4.08. The highest BCUT2D eigenvalue weighted by atomic mass is 35.5. The van der Waals surface area contributed by atoms with Crippen LogP contribution >= 0.6 is 35.4 Å². The summed E-state index contributed by atoms with van der Waals surface area (Å²) < 4.78 is 5.45. The predicted octanol–water partition coefficient (Wildman–Crippen LogP) is 4.98. The summed E-state index contributed by atoms with van der Waals surface area (Å²) in [5.74, 6) is 0. The highest BCUT2D eigenvalue weighted by molar-refractivity contribution is 7.80. The number of ether oxygens (including phenoxy) is 1. The summed E-state index contributed by atoms with van der Waals surface area (Å²) in [5.41, 5.74) is 3.10. The first kappa shape index (κ1) is 24.1. The van der Waals surface area contributed by atoms with Crippen molar-refractivity contribution >= 4 is 51.9 Å². The normalized spacial score (nSPS) is 14.3. The topological polar surface area (TPSA) is 31.0 Å². The Morgan fingerprint density at radius 1 is 1.10 bits per heavy atom. The van der Waals surface area contributed by atoms with Crippen LogP contribution in [0.1, 0.15) is 12.0 Å². The highest BCUT2D eigenvalue weighted by Gasteiger charge is 2.15. The molecule has 2 aromatic carbocycles. The average molecular weight is 481 g/mol. The number of hydrogen-bond acceptors (Lipinski definition) is 4. The summed E-state index contributed by atoms with van der Waals surface area (Å²) in [6, 6.07) is 13.9. The number of halogens is 2. The van der Waals surface area contributed by atoms with Gasteiger partial charge in [-0.1, -0.05) is 35.3 Å². The maximum atomic E-state index is 6.34. The quantitative estimate of drug-likeness (QED) is 0.536. The van der Waals surface area contributed by atoms with Crippen molar-refractivity contribution < 1.29 is 4.74 Å². The second kappa shape index (κ2) is 11.9. The largest absolute Gasteiger partial charge is 0.379 e. The van der Waals surface area contributed by atoms with E-state index in [-0.39, 0.29) is 0 Å². The van der Waals surface area contributed by atoms with E-state index in [1.165, 1.54) is 11.3 Å². The lowest BCUT2D eigenvalue weighted by atomic mass is 10.2. The molecule has 0 radical (unpaired) electrons. The van der Waals surface area contributed by atoms with E-state index in [2.05, 4.69) is 44.3 Å². The van der Waals surface area contributed by atoms with Crippen molar-refractivity contribution in [2.75, 3.05) is 63.7 Å². The van der Waals surface area contributed by atoms with E-state index in [0.717, 1.165) is 58.0 Å². The molecular weight excluding hydrogens is 451 g/mol. The van der Waals surface area contributed by atoms with Gasteiger partial charge in [-0.05, 0) is 54.5 Å². The Balaban J connectivity index is 1.67. The van der Waals surface area contributed by atoms with Crippen LogP contribution < -0.4 is 10.2 Å². The van der Waals surface area contributed by atoms with Gasteiger partial charge in [-0.2, -0.15) is 0 Å². The molecule has 1 saturated heterocycles. The van der Waals surface area contributed by atoms with Crippen LogP contribution in [0.25, 0.3) is 0 Å². The van der Waals surface area contributed by atoms with Crippen LogP contribution in [0.5, 0.6) is 0 Å². The molecule has 1 aliphatic heterocycles. The zero-order chi connectivity index (χ0) is 22.2. The van der Waals surface area contributed by atoms with Crippen LogP contribution in [-0.4, -0.2) is 68.4 Å². The lowest BCUT2D eigenvalue weighted by Crippen LogP contribution is -2.40. The second-order valence-corrected chi connectivity index (χ2v) is 9.07. The van der Waals surface area contributed by atoms with Gasteiger partial charge >= 0.3 is 0 Å². The summed E-state index contributed by atoms with van der Waals surface area (Å²) >= 11 is 18.2. The third-order valence-electron chi connectivity index (χ3n) is 5.29. The molecule has 0 saturated carbocycles. The first-order chi connectivity index (χ1) is 14.9. The standard InChI is InChI=1S/C23H30Cl2N4OS/c1-27(2)20-7-4-18(5-8-20)17-29(11-3-10-28-12-14-30-15-13-28)23(31)26-22-16-19(24)6-9-21(22)25/h4-9,16H,3,10-15,17H2,1-2H3,(H,26,31). The summed E-state index contributed by atoms with van der Waals surface area (Å²) in [5, 5.41) is 5.14. The van der Waals surface area contributed by atoms with E-state index in [1.54, 1.807) is 18.2 Å². The Bertz CT molecular complexity index is 857. The Hall–Kier alpha value is -1.57. The molecule has 31 heavy (non-hydrogen) atoms. The first-order valence-electron chi connectivity index (χ1n) is 10.5. The number of morpholine rings is 1. The van der Waals surface area contributed by atoms with Crippen LogP contribution in [-0.2, 0) is 11.3 Å². The molecule has 5 nitrogen and oxygen atoms in total. The Morgan fingerprint density at radius 2 is 1.81 bits per heavy atom. The molecular formula is C23H30Cl2N4OS.